The van der Waals surface area contributed by atoms with Crippen molar-refractivity contribution in [3.8, 4) is 0 Å². The zero-order valence-electron chi connectivity index (χ0n) is 10.9. The highest BCUT2D eigenvalue weighted by atomic mass is 19.1. The number of hydrogen-bond donors (Lipinski definition) is 1. The standard InChI is InChI=1S/C14H22FN/c1-10-6-7-11(15)8-12(10)13(16-5)9-14(2,3)4/h6-8,13,16H,9H2,1-5H3. The third kappa shape index (κ3) is 3.60. The average molecular weight is 223 g/mol. The lowest BCUT2D eigenvalue weighted by Gasteiger charge is -2.27. The molecule has 0 amide bonds. The molecule has 1 atom stereocenters. The van der Waals surface area contributed by atoms with Gasteiger partial charge in [0.15, 0.2) is 0 Å². The monoisotopic (exact) mass is 223 g/mol. The van der Waals surface area contributed by atoms with Crippen molar-refractivity contribution in [2.45, 2.75) is 40.2 Å². The molecule has 90 valence electrons. The van der Waals surface area contributed by atoms with Crippen LogP contribution in [0.4, 0.5) is 4.39 Å². The van der Waals surface area contributed by atoms with E-state index in [1.54, 1.807) is 6.07 Å². The Hall–Kier alpha value is -0.890. The van der Waals surface area contributed by atoms with Gasteiger partial charge in [-0.15, -0.1) is 0 Å². The summed E-state index contributed by atoms with van der Waals surface area (Å²) in [6, 6.07) is 5.22. The van der Waals surface area contributed by atoms with Crippen molar-refractivity contribution in [2.75, 3.05) is 7.05 Å². The van der Waals surface area contributed by atoms with Gasteiger partial charge in [0.1, 0.15) is 5.82 Å². The first-order valence-corrected chi connectivity index (χ1v) is 5.77. The lowest BCUT2D eigenvalue weighted by Crippen LogP contribution is -2.23. The van der Waals surface area contributed by atoms with E-state index in [9.17, 15) is 4.39 Å². The van der Waals surface area contributed by atoms with E-state index in [0.29, 0.717) is 0 Å². The zero-order valence-corrected chi connectivity index (χ0v) is 10.9. The zero-order chi connectivity index (χ0) is 12.3. The molecule has 0 aliphatic rings. The van der Waals surface area contributed by atoms with Crippen molar-refractivity contribution in [1.82, 2.24) is 5.32 Å². The first kappa shape index (κ1) is 13.2. The SMILES string of the molecule is CNC(CC(C)(C)C)c1cc(F)ccc1C. The number of rotatable bonds is 3. The van der Waals surface area contributed by atoms with E-state index in [4.69, 9.17) is 0 Å². The number of benzene rings is 1. The van der Waals surface area contributed by atoms with E-state index in [-0.39, 0.29) is 17.3 Å². The molecule has 0 bridgehead atoms. The summed E-state index contributed by atoms with van der Waals surface area (Å²) in [5.74, 6) is -0.158. The van der Waals surface area contributed by atoms with Crippen molar-refractivity contribution in [3.05, 3.63) is 35.1 Å². The van der Waals surface area contributed by atoms with E-state index >= 15 is 0 Å². The molecular formula is C14H22FN. The number of halogens is 1. The quantitative estimate of drug-likeness (QED) is 0.821. The number of hydrogen-bond acceptors (Lipinski definition) is 1. The van der Waals surface area contributed by atoms with Gasteiger partial charge in [0.25, 0.3) is 0 Å². The summed E-state index contributed by atoms with van der Waals surface area (Å²) < 4.78 is 13.2. The summed E-state index contributed by atoms with van der Waals surface area (Å²) in [5, 5.41) is 3.28. The van der Waals surface area contributed by atoms with Crippen LogP contribution in [0, 0.1) is 18.2 Å². The summed E-state index contributed by atoms with van der Waals surface area (Å²) >= 11 is 0. The van der Waals surface area contributed by atoms with E-state index in [2.05, 4.69) is 26.1 Å². The Morgan fingerprint density at radius 2 is 1.94 bits per heavy atom. The smallest absolute Gasteiger partial charge is 0.123 e. The van der Waals surface area contributed by atoms with E-state index in [1.165, 1.54) is 6.07 Å². The first-order chi connectivity index (χ1) is 7.33. The van der Waals surface area contributed by atoms with Crippen LogP contribution in [0.15, 0.2) is 18.2 Å². The van der Waals surface area contributed by atoms with Crippen LogP contribution in [0.25, 0.3) is 0 Å². The number of aryl methyl sites for hydroxylation is 1. The Morgan fingerprint density at radius 3 is 2.44 bits per heavy atom. The first-order valence-electron chi connectivity index (χ1n) is 5.77. The summed E-state index contributed by atoms with van der Waals surface area (Å²) in [6.45, 7) is 8.63. The van der Waals surface area contributed by atoms with Crippen LogP contribution in [0.3, 0.4) is 0 Å². The van der Waals surface area contributed by atoms with Gasteiger partial charge >= 0.3 is 0 Å². The Kier molecular flexibility index (Phi) is 4.09. The topological polar surface area (TPSA) is 12.0 Å². The van der Waals surface area contributed by atoms with Gasteiger partial charge in [0.05, 0.1) is 0 Å². The number of nitrogens with one attached hydrogen (secondary N) is 1. The van der Waals surface area contributed by atoms with Crippen molar-refractivity contribution in [2.24, 2.45) is 5.41 Å². The molecule has 0 spiro atoms. The fourth-order valence-corrected chi connectivity index (χ4v) is 1.97. The van der Waals surface area contributed by atoms with E-state index < -0.39 is 0 Å². The molecule has 0 aliphatic heterocycles. The molecule has 1 aromatic rings. The van der Waals surface area contributed by atoms with Crippen LogP contribution in [0.2, 0.25) is 0 Å². The molecule has 0 saturated heterocycles. The Morgan fingerprint density at radius 1 is 1.31 bits per heavy atom. The maximum absolute atomic E-state index is 13.2. The molecule has 0 saturated carbocycles. The van der Waals surface area contributed by atoms with Crippen LogP contribution < -0.4 is 5.32 Å². The average Bonchev–Trinajstić information content (AvgIpc) is 2.17. The van der Waals surface area contributed by atoms with Crippen molar-refractivity contribution >= 4 is 0 Å². The molecule has 16 heavy (non-hydrogen) atoms. The minimum Gasteiger partial charge on any atom is -0.313 e. The molecule has 0 radical (unpaired) electrons. The predicted molar refractivity (Wildman–Crippen MR) is 67.0 cm³/mol. The van der Waals surface area contributed by atoms with Gasteiger partial charge in [0, 0.05) is 6.04 Å². The molecule has 0 fully saturated rings. The van der Waals surface area contributed by atoms with Crippen LogP contribution in [0.1, 0.15) is 44.4 Å². The van der Waals surface area contributed by atoms with Gasteiger partial charge in [0.2, 0.25) is 0 Å². The molecule has 1 aromatic carbocycles. The fraction of sp³-hybridized carbons (Fsp3) is 0.571. The summed E-state index contributed by atoms with van der Waals surface area (Å²) in [4.78, 5) is 0. The van der Waals surface area contributed by atoms with Crippen LogP contribution in [-0.4, -0.2) is 7.05 Å². The molecule has 0 aliphatic carbocycles. The highest BCUT2D eigenvalue weighted by Crippen LogP contribution is 2.30. The summed E-state index contributed by atoms with van der Waals surface area (Å²) in [5.41, 5.74) is 2.44. The normalized spacial score (nSPS) is 13.9. The Balaban J connectivity index is 2.99. The summed E-state index contributed by atoms with van der Waals surface area (Å²) in [7, 11) is 1.93. The highest BCUT2D eigenvalue weighted by Gasteiger charge is 2.20. The largest absolute Gasteiger partial charge is 0.313 e. The molecular weight excluding hydrogens is 201 g/mol. The van der Waals surface area contributed by atoms with Gasteiger partial charge in [-0.05, 0) is 49.1 Å². The van der Waals surface area contributed by atoms with Gasteiger partial charge in [-0.2, -0.15) is 0 Å². The second kappa shape index (κ2) is 4.96. The van der Waals surface area contributed by atoms with E-state index in [1.807, 2.05) is 20.0 Å². The minimum atomic E-state index is -0.158. The highest BCUT2D eigenvalue weighted by molar-refractivity contribution is 5.29. The van der Waals surface area contributed by atoms with Gasteiger partial charge in [-0.3, -0.25) is 0 Å². The Bertz CT molecular complexity index is 352. The molecule has 0 aromatic heterocycles. The van der Waals surface area contributed by atoms with Crippen molar-refractivity contribution < 1.29 is 4.39 Å². The van der Waals surface area contributed by atoms with E-state index in [0.717, 1.165) is 17.5 Å². The lowest BCUT2D eigenvalue weighted by atomic mass is 9.84. The maximum atomic E-state index is 13.2. The van der Waals surface area contributed by atoms with Crippen molar-refractivity contribution in [1.29, 1.82) is 0 Å². The molecule has 0 heterocycles. The minimum absolute atomic E-state index is 0.158. The van der Waals surface area contributed by atoms with Crippen molar-refractivity contribution in [3.63, 3.8) is 0 Å². The third-order valence-corrected chi connectivity index (χ3v) is 2.78. The van der Waals surface area contributed by atoms with Gasteiger partial charge in [-0.1, -0.05) is 26.8 Å². The molecule has 1 N–H and O–H groups in total. The second-order valence-electron chi connectivity index (χ2n) is 5.61. The third-order valence-electron chi connectivity index (χ3n) is 2.78. The maximum Gasteiger partial charge on any atom is 0.123 e. The Labute approximate surface area is 98.1 Å². The van der Waals surface area contributed by atoms with Crippen LogP contribution >= 0.6 is 0 Å². The fourth-order valence-electron chi connectivity index (χ4n) is 1.97. The predicted octanol–water partition coefficient (Wildman–Crippen LogP) is 3.83. The van der Waals surface area contributed by atoms with Gasteiger partial charge in [-0.25, -0.2) is 4.39 Å². The summed E-state index contributed by atoms with van der Waals surface area (Å²) in [6.07, 6.45) is 0.994. The van der Waals surface area contributed by atoms with Crippen LogP contribution in [-0.2, 0) is 0 Å². The lowest BCUT2D eigenvalue weighted by molar-refractivity contribution is 0.320. The molecule has 1 nitrogen and oxygen atoms in total. The molecule has 1 rings (SSSR count). The second-order valence-corrected chi connectivity index (χ2v) is 5.61. The molecule has 1 unspecified atom stereocenters. The molecule has 2 heteroatoms. The van der Waals surface area contributed by atoms with Gasteiger partial charge < -0.3 is 5.32 Å². The van der Waals surface area contributed by atoms with Crippen LogP contribution in [0.5, 0.6) is 0 Å².